The summed E-state index contributed by atoms with van der Waals surface area (Å²) in [7, 11) is 0. The minimum absolute atomic E-state index is 0.149. The minimum Gasteiger partial charge on any atom is -0.449 e. The molecule has 31 heavy (non-hydrogen) atoms. The van der Waals surface area contributed by atoms with Crippen LogP contribution in [0.2, 0.25) is 0 Å². The van der Waals surface area contributed by atoms with Crippen LogP contribution in [0.1, 0.15) is 16.7 Å². The highest BCUT2D eigenvalue weighted by molar-refractivity contribution is 6.12. The molecular formula is C25H21FN2O3. The molecule has 1 aliphatic heterocycles. The van der Waals surface area contributed by atoms with E-state index < -0.39 is 5.91 Å². The zero-order chi connectivity index (χ0) is 21.8. The number of para-hydroxylation sites is 2. The van der Waals surface area contributed by atoms with Gasteiger partial charge in [-0.2, -0.15) is 0 Å². The van der Waals surface area contributed by atoms with E-state index in [4.69, 9.17) is 4.74 Å². The predicted octanol–water partition coefficient (Wildman–Crippen LogP) is 4.22. The van der Waals surface area contributed by atoms with Crippen molar-refractivity contribution in [2.24, 2.45) is 0 Å². The second-order valence-corrected chi connectivity index (χ2v) is 7.29. The summed E-state index contributed by atoms with van der Waals surface area (Å²) in [6.45, 7) is 2.05. The number of halogens is 1. The third kappa shape index (κ3) is 4.80. The number of aryl methyl sites for hydroxylation is 1. The van der Waals surface area contributed by atoms with Gasteiger partial charge in [-0.25, -0.2) is 4.39 Å². The van der Waals surface area contributed by atoms with E-state index in [1.165, 1.54) is 17.0 Å². The molecule has 0 aliphatic carbocycles. The highest BCUT2D eigenvalue weighted by atomic mass is 19.1. The molecule has 0 unspecified atom stereocenters. The fourth-order valence-corrected chi connectivity index (χ4v) is 3.33. The Bertz CT molecular complexity index is 1160. The summed E-state index contributed by atoms with van der Waals surface area (Å²) >= 11 is 0. The Morgan fingerprint density at radius 3 is 2.61 bits per heavy atom. The van der Waals surface area contributed by atoms with Gasteiger partial charge in [0.2, 0.25) is 5.91 Å². The fourth-order valence-electron chi connectivity index (χ4n) is 3.33. The maximum absolute atomic E-state index is 13.1. The number of fused-ring (bicyclic) bond motifs is 1. The van der Waals surface area contributed by atoms with Crippen molar-refractivity contribution in [2.75, 3.05) is 11.4 Å². The van der Waals surface area contributed by atoms with E-state index in [2.05, 4.69) is 5.32 Å². The molecule has 3 aromatic rings. The largest absolute Gasteiger partial charge is 0.449 e. The Kier molecular flexibility index (Phi) is 5.80. The van der Waals surface area contributed by atoms with E-state index in [0.717, 1.165) is 16.7 Å². The van der Waals surface area contributed by atoms with Crippen molar-refractivity contribution in [1.82, 2.24) is 5.32 Å². The summed E-state index contributed by atoms with van der Waals surface area (Å²) in [6.07, 6.45) is 1.68. The normalized spacial score (nSPS) is 14.2. The third-order valence-electron chi connectivity index (χ3n) is 4.88. The molecular weight excluding hydrogens is 395 g/mol. The lowest BCUT2D eigenvalue weighted by Gasteiger charge is -2.30. The highest BCUT2D eigenvalue weighted by Gasteiger charge is 2.31. The average Bonchev–Trinajstić information content (AvgIpc) is 2.76. The molecule has 0 spiro atoms. The molecule has 0 radical (unpaired) electrons. The first kappa shape index (κ1) is 20.3. The van der Waals surface area contributed by atoms with E-state index in [0.29, 0.717) is 11.4 Å². The van der Waals surface area contributed by atoms with Crippen molar-refractivity contribution in [3.63, 3.8) is 0 Å². The molecule has 0 atom stereocenters. The van der Waals surface area contributed by atoms with Crippen molar-refractivity contribution >= 4 is 23.6 Å². The van der Waals surface area contributed by atoms with Gasteiger partial charge in [0.15, 0.2) is 11.5 Å². The first-order valence-electron chi connectivity index (χ1n) is 9.88. The molecule has 1 N–H and O–H groups in total. The molecule has 156 valence electrons. The van der Waals surface area contributed by atoms with Crippen LogP contribution in [0, 0.1) is 12.7 Å². The van der Waals surface area contributed by atoms with Gasteiger partial charge in [0.05, 0.1) is 5.69 Å². The number of hydrogen-bond acceptors (Lipinski definition) is 3. The second-order valence-electron chi connectivity index (χ2n) is 7.29. The van der Waals surface area contributed by atoms with Crippen LogP contribution in [0.5, 0.6) is 5.75 Å². The lowest BCUT2D eigenvalue weighted by molar-refractivity contribution is -0.123. The maximum atomic E-state index is 13.1. The summed E-state index contributed by atoms with van der Waals surface area (Å²) in [5, 5.41) is 2.77. The van der Waals surface area contributed by atoms with Gasteiger partial charge >= 0.3 is 0 Å². The summed E-state index contributed by atoms with van der Waals surface area (Å²) in [5.74, 6) is -0.400. The number of carbonyl (C=O) groups is 2. The van der Waals surface area contributed by atoms with Gasteiger partial charge in [-0.1, -0.05) is 54.1 Å². The Hall–Kier alpha value is -3.93. The number of ether oxygens (including phenoxy) is 1. The van der Waals surface area contributed by atoms with Crippen LogP contribution in [0.3, 0.4) is 0 Å². The molecule has 4 rings (SSSR count). The number of nitrogens with one attached hydrogen (secondary N) is 1. The Morgan fingerprint density at radius 2 is 1.84 bits per heavy atom. The summed E-state index contributed by atoms with van der Waals surface area (Å²) in [4.78, 5) is 27.1. The Morgan fingerprint density at radius 1 is 1.06 bits per heavy atom. The van der Waals surface area contributed by atoms with E-state index >= 15 is 0 Å². The molecule has 0 saturated carbocycles. The number of carbonyl (C=O) groups excluding carboxylic acids is 2. The van der Waals surface area contributed by atoms with E-state index in [1.54, 1.807) is 36.4 Å². The standard InChI is InChI=1S/C25H21FN2O3/c1-17-5-4-6-19(13-17)14-23-25(30)28(21-7-2-3-8-22(21)31-23)16-24(29)27-15-18-9-11-20(26)12-10-18/h2-14H,15-16H2,1H3,(H,27,29). The van der Waals surface area contributed by atoms with Gasteiger partial charge in [-0.15, -0.1) is 0 Å². The number of nitrogens with zero attached hydrogens (tertiary/aromatic N) is 1. The van der Waals surface area contributed by atoms with Crippen LogP contribution in [0.4, 0.5) is 10.1 Å². The Labute approximate surface area is 179 Å². The molecule has 5 nitrogen and oxygen atoms in total. The zero-order valence-electron chi connectivity index (χ0n) is 17.0. The molecule has 2 amide bonds. The van der Waals surface area contributed by atoms with E-state index in [9.17, 15) is 14.0 Å². The second kappa shape index (κ2) is 8.83. The first-order valence-corrected chi connectivity index (χ1v) is 9.88. The summed E-state index contributed by atoms with van der Waals surface area (Å²) < 4.78 is 18.9. The molecule has 0 bridgehead atoms. The number of amides is 2. The number of benzene rings is 3. The van der Waals surface area contributed by atoms with Crippen molar-refractivity contribution in [2.45, 2.75) is 13.5 Å². The quantitative estimate of drug-likeness (QED) is 0.634. The maximum Gasteiger partial charge on any atom is 0.294 e. The minimum atomic E-state index is -0.392. The monoisotopic (exact) mass is 416 g/mol. The predicted molar refractivity (Wildman–Crippen MR) is 117 cm³/mol. The van der Waals surface area contributed by atoms with E-state index in [-0.39, 0.29) is 30.6 Å². The van der Waals surface area contributed by atoms with Gasteiger partial charge in [-0.05, 0) is 48.4 Å². The number of hydrogen-bond donors (Lipinski definition) is 1. The van der Waals surface area contributed by atoms with Gasteiger partial charge in [0.25, 0.3) is 5.91 Å². The van der Waals surface area contributed by atoms with Crippen molar-refractivity contribution in [1.29, 1.82) is 0 Å². The zero-order valence-corrected chi connectivity index (χ0v) is 17.0. The molecule has 1 aliphatic rings. The van der Waals surface area contributed by atoms with Crippen LogP contribution >= 0.6 is 0 Å². The van der Waals surface area contributed by atoms with Crippen molar-refractivity contribution in [3.8, 4) is 5.75 Å². The number of anilines is 1. The molecule has 1 heterocycles. The summed E-state index contributed by atoms with van der Waals surface area (Å²) in [6, 6.07) is 20.7. The van der Waals surface area contributed by atoms with Crippen LogP contribution in [-0.4, -0.2) is 18.4 Å². The topological polar surface area (TPSA) is 58.6 Å². The van der Waals surface area contributed by atoms with Crippen LogP contribution < -0.4 is 15.0 Å². The van der Waals surface area contributed by atoms with Crippen molar-refractivity contribution in [3.05, 3.63) is 101 Å². The molecule has 0 fully saturated rings. The smallest absolute Gasteiger partial charge is 0.294 e. The lowest BCUT2D eigenvalue weighted by Crippen LogP contribution is -2.44. The van der Waals surface area contributed by atoms with Gasteiger partial charge in [0, 0.05) is 6.54 Å². The SMILES string of the molecule is Cc1cccc(C=C2Oc3ccccc3N(CC(=O)NCc3ccc(F)cc3)C2=O)c1. The summed E-state index contributed by atoms with van der Waals surface area (Å²) in [5.41, 5.74) is 3.20. The van der Waals surface area contributed by atoms with Gasteiger partial charge in [-0.3, -0.25) is 14.5 Å². The van der Waals surface area contributed by atoms with E-state index in [1.807, 2.05) is 37.3 Å². The lowest BCUT2D eigenvalue weighted by atomic mass is 10.1. The van der Waals surface area contributed by atoms with Gasteiger partial charge < -0.3 is 10.1 Å². The fraction of sp³-hybridized carbons (Fsp3) is 0.120. The number of rotatable bonds is 5. The van der Waals surface area contributed by atoms with Crippen molar-refractivity contribution < 1.29 is 18.7 Å². The molecule has 0 aromatic heterocycles. The first-order chi connectivity index (χ1) is 15.0. The average molecular weight is 416 g/mol. The van der Waals surface area contributed by atoms with Crippen LogP contribution in [0.15, 0.2) is 78.6 Å². The molecule has 0 saturated heterocycles. The van der Waals surface area contributed by atoms with Crippen LogP contribution in [0.25, 0.3) is 6.08 Å². The highest BCUT2D eigenvalue weighted by Crippen LogP contribution is 2.35. The molecule has 6 heteroatoms. The molecule has 3 aromatic carbocycles. The Balaban J connectivity index is 1.54. The van der Waals surface area contributed by atoms with Gasteiger partial charge in [0.1, 0.15) is 12.4 Å². The van der Waals surface area contributed by atoms with Crippen LogP contribution in [-0.2, 0) is 16.1 Å². The third-order valence-corrected chi connectivity index (χ3v) is 4.88.